The molecular weight excluding hydrogens is 368 g/mol. The number of hydrogen-bond acceptors (Lipinski definition) is 6. The van der Waals surface area contributed by atoms with Gasteiger partial charge in [0.15, 0.2) is 5.16 Å². The van der Waals surface area contributed by atoms with Gasteiger partial charge in [0.05, 0.1) is 16.6 Å². The molecule has 26 heavy (non-hydrogen) atoms. The van der Waals surface area contributed by atoms with Crippen molar-refractivity contribution >= 4 is 34.7 Å². The fourth-order valence-corrected chi connectivity index (χ4v) is 4.49. The third kappa shape index (κ3) is 3.42. The van der Waals surface area contributed by atoms with Crippen LogP contribution in [-0.4, -0.2) is 26.2 Å². The standard InChI is InChI=1S/C18H16N4O2S2/c1-11-20-15(10-25-11)12-3-2-4-14(7-12)21-17(24)13-8-22-16(23)5-6-19-18(22)26-9-13/h2-7,10,13H,8-9H2,1H3,(H,21,24). The smallest absolute Gasteiger partial charge is 0.254 e. The maximum atomic E-state index is 12.7. The molecule has 0 saturated carbocycles. The monoisotopic (exact) mass is 384 g/mol. The lowest BCUT2D eigenvalue weighted by molar-refractivity contribution is -0.119. The highest BCUT2D eigenvalue weighted by Gasteiger charge is 2.26. The molecule has 1 aliphatic heterocycles. The van der Waals surface area contributed by atoms with E-state index in [0.717, 1.165) is 22.0 Å². The number of nitrogens with zero attached hydrogens (tertiary/aromatic N) is 3. The summed E-state index contributed by atoms with van der Waals surface area (Å²) in [7, 11) is 0. The second-order valence-corrected chi connectivity index (χ2v) is 8.06. The third-order valence-corrected chi connectivity index (χ3v) is 6.06. The van der Waals surface area contributed by atoms with Crippen LogP contribution in [0.15, 0.2) is 51.9 Å². The van der Waals surface area contributed by atoms with Crippen molar-refractivity contribution in [1.82, 2.24) is 14.5 Å². The zero-order valence-corrected chi connectivity index (χ0v) is 15.6. The predicted molar refractivity (Wildman–Crippen MR) is 104 cm³/mol. The van der Waals surface area contributed by atoms with E-state index >= 15 is 0 Å². The maximum absolute atomic E-state index is 12.7. The van der Waals surface area contributed by atoms with Gasteiger partial charge in [-0.2, -0.15) is 0 Å². The fraction of sp³-hybridized carbons (Fsp3) is 0.222. The Balaban J connectivity index is 1.51. The van der Waals surface area contributed by atoms with Crippen molar-refractivity contribution < 1.29 is 4.79 Å². The molecule has 4 rings (SSSR count). The van der Waals surface area contributed by atoms with Gasteiger partial charge in [-0.05, 0) is 19.1 Å². The van der Waals surface area contributed by atoms with Gasteiger partial charge in [0.25, 0.3) is 5.56 Å². The first-order valence-electron chi connectivity index (χ1n) is 8.12. The molecule has 1 unspecified atom stereocenters. The second kappa shape index (κ2) is 7.05. The van der Waals surface area contributed by atoms with Crippen LogP contribution in [0.4, 0.5) is 5.69 Å². The van der Waals surface area contributed by atoms with Gasteiger partial charge < -0.3 is 5.32 Å². The normalized spacial score (nSPS) is 16.1. The summed E-state index contributed by atoms with van der Waals surface area (Å²) < 4.78 is 1.56. The van der Waals surface area contributed by atoms with E-state index in [2.05, 4.69) is 15.3 Å². The molecule has 0 saturated heterocycles. The molecule has 3 aromatic rings. The summed E-state index contributed by atoms with van der Waals surface area (Å²) in [6.45, 7) is 2.32. The average molecular weight is 384 g/mol. The van der Waals surface area contributed by atoms with E-state index < -0.39 is 0 Å². The van der Waals surface area contributed by atoms with Crippen molar-refractivity contribution in [3.05, 3.63) is 57.3 Å². The molecule has 1 amide bonds. The Bertz CT molecular complexity index is 1030. The van der Waals surface area contributed by atoms with Crippen LogP contribution in [0, 0.1) is 12.8 Å². The number of aromatic nitrogens is 3. The number of anilines is 1. The Kier molecular flexibility index (Phi) is 4.60. The van der Waals surface area contributed by atoms with E-state index in [1.54, 1.807) is 15.9 Å². The number of rotatable bonds is 3. The average Bonchev–Trinajstić information content (AvgIpc) is 3.08. The van der Waals surface area contributed by atoms with E-state index in [4.69, 9.17) is 0 Å². The fourth-order valence-electron chi connectivity index (χ4n) is 2.81. The molecule has 0 spiro atoms. The van der Waals surface area contributed by atoms with Gasteiger partial charge in [0.2, 0.25) is 5.91 Å². The van der Waals surface area contributed by atoms with Crippen LogP contribution in [0.3, 0.4) is 0 Å². The summed E-state index contributed by atoms with van der Waals surface area (Å²) in [6.07, 6.45) is 1.51. The Hall–Kier alpha value is -2.45. The molecule has 1 aliphatic rings. The van der Waals surface area contributed by atoms with Gasteiger partial charge in [-0.3, -0.25) is 14.2 Å². The number of thioether (sulfide) groups is 1. The van der Waals surface area contributed by atoms with Crippen LogP contribution in [-0.2, 0) is 11.3 Å². The number of hydrogen-bond donors (Lipinski definition) is 1. The number of aryl methyl sites for hydroxylation is 1. The largest absolute Gasteiger partial charge is 0.326 e. The molecule has 6 nitrogen and oxygen atoms in total. The zero-order valence-electron chi connectivity index (χ0n) is 14.0. The molecule has 1 aromatic carbocycles. The van der Waals surface area contributed by atoms with Gasteiger partial charge in [-0.15, -0.1) is 11.3 Å². The summed E-state index contributed by atoms with van der Waals surface area (Å²) in [4.78, 5) is 33.3. The number of thiazole rings is 1. The molecule has 3 heterocycles. The third-order valence-electron chi connectivity index (χ3n) is 4.13. The highest BCUT2D eigenvalue weighted by molar-refractivity contribution is 7.99. The van der Waals surface area contributed by atoms with Crippen molar-refractivity contribution in [1.29, 1.82) is 0 Å². The summed E-state index contributed by atoms with van der Waals surface area (Å²) in [5, 5.41) is 6.65. The minimum atomic E-state index is -0.278. The molecular formula is C18H16N4O2S2. The van der Waals surface area contributed by atoms with Crippen molar-refractivity contribution in [2.75, 3.05) is 11.1 Å². The zero-order chi connectivity index (χ0) is 18.1. The summed E-state index contributed by atoms with van der Waals surface area (Å²) in [5.41, 5.74) is 2.48. The van der Waals surface area contributed by atoms with E-state index in [1.165, 1.54) is 24.0 Å². The van der Waals surface area contributed by atoms with Crippen molar-refractivity contribution in [3.8, 4) is 11.3 Å². The van der Waals surface area contributed by atoms with Crippen LogP contribution in [0.25, 0.3) is 11.3 Å². The lowest BCUT2D eigenvalue weighted by Crippen LogP contribution is -2.36. The van der Waals surface area contributed by atoms with Gasteiger partial charge in [-0.1, -0.05) is 23.9 Å². The molecule has 1 N–H and O–H groups in total. The molecule has 0 aliphatic carbocycles. The van der Waals surface area contributed by atoms with Crippen molar-refractivity contribution in [2.45, 2.75) is 18.6 Å². The number of benzene rings is 1. The first-order chi connectivity index (χ1) is 12.6. The highest BCUT2D eigenvalue weighted by Crippen LogP contribution is 2.27. The minimum Gasteiger partial charge on any atom is -0.326 e. The van der Waals surface area contributed by atoms with Gasteiger partial charge in [0.1, 0.15) is 0 Å². The van der Waals surface area contributed by atoms with Crippen LogP contribution >= 0.6 is 23.1 Å². The molecule has 0 bridgehead atoms. The predicted octanol–water partition coefficient (Wildman–Crippen LogP) is 3.04. The lowest BCUT2D eigenvalue weighted by atomic mass is 10.1. The summed E-state index contributed by atoms with van der Waals surface area (Å²) in [5.74, 6) is 0.234. The van der Waals surface area contributed by atoms with Gasteiger partial charge >= 0.3 is 0 Å². The quantitative estimate of drug-likeness (QED) is 0.703. The molecule has 132 valence electrons. The van der Waals surface area contributed by atoms with Crippen molar-refractivity contribution in [2.24, 2.45) is 5.92 Å². The molecule has 0 radical (unpaired) electrons. The van der Waals surface area contributed by atoms with Crippen molar-refractivity contribution in [3.63, 3.8) is 0 Å². The van der Waals surface area contributed by atoms with Crippen LogP contribution in [0.2, 0.25) is 0 Å². The molecule has 1 atom stereocenters. The molecule has 8 heteroatoms. The lowest BCUT2D eigenvalue weighted by Gasteiger charge is -2.23. The summed E-state index contributed by atoms with van der Waals surface area (Å²) in [6, 6.07) is 9.08. The van der Waals surface area contributed by atoms with Crippen LogP contribution < -0.4 is 10.9 Å². The Labute approximate surface area is 158 Å². The molecule has 0 fully saturated rings. The topological polar surface area (TPSA) is 76.9 Å². The van der Waals surface area contributed by atoms with E-state index in [9.17, 15) is 9.59 Å². The summed E-state index contributed by atoms with van der Waals surface area (Å²) >= 11 is 3.03. The van der Waals surface area contributed by atoms with E-state index in [1.807, 2.05) is 36.6 Å². The number of fused-ring (bicyclic) bond motifs is 1. The Morgan fingerprint density at radius 1 is 1.35 bits per heavy atom. The van der Waals surface area contributed by atoms with E-state index in [0.29, 0.717) is 17.5 Å². The number of carbonyl (C=O) groups is 1. The number of nitrogens with one attached hydrogen (secondary N) is 1. The maximum Gasteiger partial charge on any atom is 0.254 e. The number of amides is 1. The molecule has 2 aromatic heterocycles. The minimum absolute atomic E-state index is 0.0921. The first-order valence-corrected chi connectivity index (χ1v) is 9.99. The van der Waals surface area contributed by atoms with Crippen LogP contribution in [0.5, 0.6) is 0 Å². The first kappa shape index (κ1) is 17.0. The SMILES string of the molecule is Cc1nc(-c2cccc(NC(=O)C3CSc4nccc(=O)n4C3)c2)cs1. The Morgan fingerprint density at radius 2 is 2.23 bits per heavy atom. The second-order valence-electron chi connectivity index (χ2n) is 6.01. The van der Waals surface area contributed by atoms with Gasteiger partial charge in [0, 0.05) is 41.2 Å². The highest BCUT2D eigenvalue weighted by atomic mass is 32.2. The Morgan fingerprint density at radius 3 is 3.04 bits per heavy atom. The number of carbonyl (C=O) groups excluding carboxylic acids is 1. The van der Waals surface area contributed by atoms with E-state index in [-0.39, 0.29) is 17.4 Å². The van der Waals surface area contributed by atoms with Gasteiger partial charge in [-0.25, -0.2) is 9.97 Å². The van der Waals surface area contributed by atoms with Crippen LogP contribution in [0.1, 0.15) is 5.01 Å².